The van der Waals surface area contributed by atoms with E-state index < -0.39 is 0 Å². The standard InChI is InChI=1S/C51H32N4S2/c1-3-13-31(14-4-1)49-52-50(32-15-5-2-6-16-32)54-51(53-49)33-25-27-45-41(29-33)47-37(19-12-24-46(47)56-45)38-20-11-21-39-40-30-34(26-28-44(40)57-48(38)39)55-42-22-9-7-17-35(42)36-18-8-10-23-43(36)55/h1-30,51H,(H,52,53,54). The molecule has 1 N–H and O–H groups in total. The molecule has 11 aromatic rings. The molecular formula is C51H32N4S2. The lowest BCUT2D eigenvalue weighted by atomic mass is 9.97. The van der Waals surface area contributed by atoms with E-state index in [1.807, 2.05) is 46.9 Å². The molecule has 268 valence electrons. The van der Waals surface area contributed by atoms with Crippen molar-refractivity contribution < 1.29 is 0 Å². The lowest BCUT2D eigenvalue weighted by Gasteiger charge is -2.23. The van der Waals surface area contributed by atoms with Gasteiger partial charge in [0.2, 0.25) is 0 Å². The lowest BCUT2D eigenvalue weighted by Crippen LogP contribution is -2.33. The van der Waals surface area contributed by atoms with Crippen molar-refractivity contribution in [1.29, 1.82) is 0 Å². The van der Waals surface area contributed by atoms with Crippen LogP contribution in [0.1, 0.15) is 22.9 Å². The van der Waals surface area contributed by atoms with Gasteiger partial charge >= 0.3 is 0 Å². The normalized spacial score (nSPS) is 14.5. The van der Waals surface area contributed by atoms with E-state index in [1.165, 1.54) is 79.0 Å². The monoisotopic (exact) mass is 764 g/mol. The Morgan fingerprint density at radius 2 is 1.12 bits per heavy atom. The Hall–Kier alpha value is -6.86. The van der Waals surface area contributed by atoms with Gasteiger partial charge in [0.05, 0.1) is 11.0 Å². The Bertz CT molecular complexity index is 3390. The summed E-state index contributed by atoms with van der Waals surface area (Å²) in [7, 11) is 0. The molecule has 57 heavy (non-hydrogen) atoms. The molecule has 0 amide bonds. The van der Waals surface area contributed by atoms with Crippen molar-refractivity contribution >= 4 is 96.5 Å². The molecule has 3 aromatic heterocycles. The lowest BCUT2D eigenvalue weighted by molar-refractivity contribution is 0.675. The summed E-state index contributed by atoms with van der Waals surface area (Å²) in [5, 5.41) is 11.3. The third kappa shape index (κ3) is 5.18. The predicted octanol–water partition coefficient (Wildman–Crippen LogP) is 13.7. The van der Waals surface area contributed by atoms with Crippen LogP contribution in [0, 0.1) is 0 Å². The van der Waals surface area contributed by atoms with Gasteiger partial charge in [0, 0.05) is 73.5 Å². The number of fused-ring (bicyclic) bond motifs is 9. The predicted molar refractivity (Wildman–Crippen MR) is 244 cm³/mol. The Morgan fingerprint density at radius 1 is 0.474 bits per heavy atom. The van der Waals surface area contributed by atoms with Crippen LogP contribution in [-0.4, -0.2) is 16.2 Å². The molecule has 0 spiro atoms. The first-order valence-electron chi connectivity index (χ1n) is 19.2. The fourth-order valence-electron chi connectivity index (χ4n) is 8.66. The highest BCUT2D eigenvalue weighted by Gasteiger charge is 2.23. The van der Waals surface area contributed by atoms with Crippen LogP contribution < -0.4 is 5.32 Å². The van der Waals surface area contributed by atoms with Crippen LogP contribution in [-0.2, 0) is 0 Å². The number of thiophene rings is 2. The van der Waals surface area contributed by atoms with Crippen molar-refractivity contribution in [3.8, 4) is 16.8 Å². The number of aliphatic imine (C=N–C) groups is 2. The minimum atomic E-state index is -0.297. The Balaban J connectivity index is 1.01. The molecule has 0 fully saturated rings. The van der Waals surface area contributed by atoms with Crippen LogP contribution >= 0.6 is 22.7 Å². The number of nitrogens with one attached hydrogen (secondary N) is 1. The zero-order valence-corrected chi connectivity index (χ0v) is 32.2. The fourth-order valence-corrected chi connectivity index (χ4v) is 11.0. The molecule has 1 atom stereocenters. The van der Waals surface area contributed by atoms with E-state index in [-0.39, 0.29) is 6.17 Å². The van der Waals surface area contributed by atoms with Gasteiger partial charge in [-0.3, -0.25) is 0 Å². The summed E-state index contributed by atoms with van der Waals surface area (Å²) in [4.78, 5) is 10.2. The highest BCUT2D eigenvalue weighted by Crippen LogP contribution is 2.46. The highest BCUT2D eigenvalue weighted by molar-refractivity contribution is 7.26. The van der Waals surface area contributed by atoms with Crippen LogP contribution in [0.5, 0.6) is 0 Å². The number of para-hydroxylation sites is 2. The maximum atomic E-state index is 5.20. The van der Waals surface area contributed by atoms with Crippen molar-refractivity contribution in [2.45, 2.75) is 6.17 Å². The van der Waals surface area contributed by atoms with Crippen molar-refractivity contribution in [3.63, 3.8) is 0 Å². The van der Waals surface area contributed by atoms with Gasteiger partial charge in [-0.2, -0.15) is 0 Å². The molecule has 8 aromatic carbocycles. The number of hydrogen-bond acceptors (Lipinski definition) is 5. The molecule has 6 heteroatoms. The third-order valence-corrected chi connectivity index (χ3v) is 13.6. The van der Waals surface area contributed by atoms with E-state index in [9.17, 15) is 0 Å². The maximum absolute atomic E-state index is 5.20. The smallest absolute Gasteiger partial charge is 0.159 e. The molecule has 0 saturated carbocycles. The summed E-state index contributed by atoms with van der Waals surface area (Å²) in [6.45, 7) is 0. The Kier molecular flexibility index (Phi) is 7.30. The minimum absolute atomic E-state index is 0.297. The Labute approximate surface area is 336 Å². The first-order chi connectivity index (χ1) is 28.2. The molecule has 0 bridgehead atoms. The summed E-state index contributed by atoms with van der Waals surface area (Å²) in [5.41, 5.74) is 9.29. The molecule has 0 aliphatic carbocycles. The maximum Gasteiger partial charge on any atom is 0.159 e. The van der Waals surface area contributed by atoms with E-state index in [2.05, 4.69) is 168 Å². The second-order valence-corrected chi connectivity index (χ2v) is 16.7. The summed E-state index contributed by atoms with van der Waals surface area (Å²) in [5.74, 6) is 1.55. The molecule has 4 nitrogen and oxygen atoms in total. The quantitative estimate of drug-likeness (QED) is 0.186. The van der Waals surface area contributed by atoms with Gasteiger partial charge in [-0.1, -0.05) is 133 Å². The van der Waals surface area contributed by atoms with E-state index in [0.717, 1.165) is 28.4 Å². The molecule has 1 aliphatic rings. The first kappa shape index (κ1) is 32.4. The van der Waals surface area contributed by atoms with Crippen LogP contribution in [0.3, 0.4) is 0 Å². The zero-order chi connectivity index (χ0) is 37.5. The average molecular weight is 765 g/mol. The minimum Gasteiger partial charge on any atom is -0.344 e. The second-order valence-electron chi connectivity index (χ2n) is 14.6. The number of hydrogen-bond donors (Lipinski definition) is 1. The second kappa shape index (κ2) is 12.8. The highest BCUT2D eigenvalue weighted by atomic mass is 32.1. The summed E-state index contributed by atoms with van der Waals surface area (Å²) >= 11 is 3.74. The van der Waals surface area contributed by atoms with Crippen molar-refractivity contribution in [1.82, 2.24) is 9.88 Å². The summed E-state index contributed by atoms with van der Waals surface area (Å²) < 4.78 is 7.56. The van der Waals surface area contributed by atoms with E-state index in [0.29, 0.717) is 0 Å². The molecule has 0 radical (unpaired) electrons. The molecule has 1 unspecified atom stereocenters. The number of aromatic nitrogens is 1. The molecule has 12 rings (SSSR count). The van der Waals surface area contributed by atoms with Gasteiger partial charge in [0.25, 0.3) is 0 Å². The SMILES string of the molecule is c1ccc(C2=NC(c3ccc4sc5cccc(-c6cccc7c6sc6ccc(-n8c9ccccc9c9ccccc98)cc67)c5c4c3)NC(c3ccccc3)=N2)cc1. The Morgan fingerprint density at radius 3 is 1.91 bits per heavy atom. The zero-order valence-electron chi connectivity index (χ0n) is 30.6. The molecule has 0 saturated heterocycles. The van der Waals surface area contributed by atoms with Crippen LogP contribution in [0.25, 0.3) is 79.0 Å². The van der Waals surface area contributed by atoms with E-state index >= 15 is 0 Å². The average Bonchev–Trinajstić information content (AvgIpc) is 3.96. The van der Waals surface area contributed by atoms with Gasteiger partial charge < -0.3 is 9.88 Å². The fraction of sp³-hybridized carbons (Fsp3) is 0.0196. The molecule has 1 aliphatic heterocycles. The largest absolute Gasteiger partial charge is 0.344 e. The van der Waals surface area contributed by atoms with E-state index in [1.54, 1.807) is 0 Å². The van der Waals surface area contributed by atoms with Gasteiger partial charge in [-0.05, 0) is 59.7 Å². The van der Waals surface area contributed by atoms with Crippen molar-refractivity contribution in [3.05, 3.63) is 199 Å². The number of nitrogens with zero attached hydrogens (tertiary/aromatic N) is 3. The topological polar surface area (TPSA) is 41.7 Å². The summed E-state index contributed by atoms with van der Waals surface area (Å²) in [6, 6.07) is 65.5. The van der Waals surface area contributed by atoms with Gasteiger partial charge in [-0.25, -0.2) is 9.98 Å². The van der Waals surface area contributed by atoms with Crippen LogP contribution in [0.15, 0.2) is 192 Å². The first-order valence-corrected chi connectivity index (χ1v) is 20.8. The summed E-state index contributed by atoms with van der Waals surface area (Å²) in [6.07, 6.45) is -0.297. The number of rotatable bonds is 5. The van der Waals surface area contributed by atoms with Crippen LogP contribution in [0.4, 0.5) is 0 Å². The number of amidine groups is 2. The molecule has 4 heterocycles. The van der Waals surface area contributed by atoms with Crippen LogP contribution in [0.2, 0.25) is 0 Å². The number of benzene rings is 8. The molecular weight excluding hydrogens is 733 g/mol. The van der Waals surface area contributed by atoms with Gasteiger partial charge in [0.1, 0.15) is 12.0 Å². The van der Waals surface area contributed by atoms with Crippen molar-refractivity contribution in [2.75, 3.05) is 0 Å². The van der Waals surface area contributed by atoms with Gasteiger partial charge in [-0.15, -0.1) is 22.7 Å². The van der Waals surface area contributed by atoms with E-state index in [4.69, 9.17) is 9.98 Å². The van der Waals surface area contributed by atoms with Crippen molar-refractivity contribution in [2.24, 2.45) is 9.98 Å². The third-order valence-electron chi connectivity index (χ3n) is 11.3. The van der Waals surface area contributed by atoms with Gasteiger partial charge in [0.15, 0.2) is 5.84 Å².